The van der Waals surface area contributed by atoms with Crippen LogP contribution in [0, 0.1) is 46.3 Å². The van der Waals surface area contributed by atoms with Crippen molar-refractivity contribution >= 4 is 6.09 Å². The number of hydrogen-bond donors (Lipinski definition) is 1. The van der Waals surface area contributed by atoms with Crippen LogP contribution in [0.2, 0.25) is 0 Å². The van der Waals surface area contributed by atoms with Crippen molar-refractivity contribution in [2.75, 3.05) is 33.2 Å². The van der Waals surface area contributed by atoms with Crippen molar-refractivity contribution < 1.29 is 9.53 Å². The number of allylic oxidation sites excluding steroid dienone is 1. The third-order valence-electron chi connectivity index (χ3n) is 12.3. The number of hydrogen-bond acceptors (Lipinski definition) is 4. The van der Waals surface area contributed by atoms with Crippen molar-refractivity contribution in [2.24, 2.45) is 46.3 Å². The molecule has 1 saturated heterocycles. The molecular weight excluding hydrogens is 482 g/mol. The molecule has 39 heavy (non-hydrogen) atoms. The molecule has 224 valence electrons. The predicted molar refractivity (Wildman–Crippen MR) is 162 cm³/mol. The summed E-state index contributed by atoms with van der Waals surface area (Å²) in [7, 11) is 2.13. The van der Waals surface area contributed by atoms with E-state index < -0.39 is 0 Å². The highest BCUT2D eigenvalue weighted by Gasteiger charge is 2.59. The highest BCUT2D eigenvalue weighted by Crippen LogP contribution is 2.67. The third-order valence-corrected chi connectivity index (χ3v) is 12.3. The lowest BCUT2D eigenvalue weighted by Gasteiger charge is -2.58. The van der Waals surface area contributed by atoms with Gasteiger partial charge < -0.3 is 9.64 Å². The second-order valence-electron chi connectivity index (χ2n) is 15.0. The molecule has 8 unspecified atom stereocenters. The van der Waals surface area contributed by atoms with E-state index in [-0.39, 0.29) is 19.6 Å². The van der Waals surface area contributed by atoms with E-state index in [9.17, 15) is 4.79 Å². The van der Waals surface area contributed by atoms with Gasteiger partial charge in [0, 0.05) is 32.6 Å². The minimum atomic E-state index is -0.259. The molecule has 1 aliphatic heterocycles. The first-order valence-electron chi connectivity index (χ1n) is 16.2. The Balaban J connectivity index is 0.00000353. The van der Waals surface area contributed by atoms with E-state index >= 15 is 0 Å². The van der Waals surface area contributed by atoms with Crippen LogP contribution in [0.3, 0.4) is 0 Å². The third kappa shape index (κ3) is 6.25. The number of hydrazine groups is 1. The zero-order valence-corrected chi connectivity index (χ0v) is 25.4. The Labute approximate surface area is 240 Å². The van der Waals surface area contributed by atoms with Crippen LogP contribution in [0.4, 0.5) is 4.79 Å². The fourth-order valence-corrected chi connectivity index (χ4v) is 9.98. The van der Waals surface area contributed by atoms with Crippen molar-refractivity contribution in [2.45, 2.75) is 119 Å². The Bertz CT molecular complexity index is 865. The van der Waals surface area contributed by atoms with E-state index in [1.54, 1.807) is 5.57 Å². The number of nitrogens with one attached hydrogen (secondary N) is 1. The molecule has 5 aliphatic rings. The monoisotopic (exact) mass is 543 g/mol. The van der Waals surface area contributed by atoms with E-state index in [0.29, 0.717) is 10.8 Å². The summed E-state index contributed by atoms with van der Waals surface area (Å²) in [5, 5.41) is 2.01. The van der Waals surface area contributed by atoms with Crippen molar-refractivity contribution in [3.8, 4) is 0 Å². The van der Waals surface area contributed by atoms with Crippen molar-refractivity contribution in [1.29, 1.82) is 0 Å². The van der Waals surface area contributed by atoms with Gasteiger partial charge in [-0.25, -0.2) is 9.80 Å². The molecule has 0 aromatic heterocycles. The number of likely N-dealkylation sites (N-methyl/N-ethyl adjacent to an activating group) is 1. The van der Waals surface area contributed by atoms with E-state index in [2.05, 4.69) is 58.1 Å². The van der Waals surface area contributed by atoms with Crippen molar-refractivity contribution in [3.63, 3.8) is 0 Å². The fourth-order valence-electron chi connectivity index (χ4n) is 9.98. The predicted octanol–water partition coefficient (Wildman–Crippen LogP) is 7.92. The minimum absolute atomic E-state index is 0. The first kappa shape index (κ1) is 30.9. The summed E-state index contributed by atoms with van der Waals surface area (Å²) in [6.45, 7) is 16.3. The summed E-state index contributed by atoms with van der Waals surface area (Å²) in [4.78, 5) is 15.0. The van der Waals surface area contributed by atoms with Gasteiger partial charge in [-0.2, -0.15) is 0 Å². The summed E-state index contributed by atoms with van der Waals surface area (Å²) in [5.41, 5.74) is 5.45. The topological polar surface area (TPSA) is 44.8 Å². The number of piperazine rings is 1. The first-order chi connectivity index (χ1) is 18.1. The molecule has 4 fully saturated rings. The average Bonchev–Trinajstić information content (AvgIpc) is 3.23. The summed E-state index contributed by atoms with van der Waals surface area (Å²) in [6.07, 6.45) is 16.7. The maximum absolute atomic E-state index is 12.7. The first-order valence-corrected chi connectivity index (χ1v) is 16.2. The molecule has 8 atom stereocenters. The number of fused-ring (bicyclic) bond motifs is 5. The zero-order valence-electron chi connectivity index (χ0n) is 25.4. The number of nitrogens with zero attached hydrogens (tertiary/aromatic N) is 2. The summed E-state index contributed by atoms with van der Waals surface area (Å²) < 4.78 is 5.98. The molecule has 4 aliphatic carbocycles. The number of amides is 1. The number of ether oxygens (including phenoxy) is 1. The van der Waals surface area contributed by atoms with E-state index in [1.807, 2.05) is 5.01 Å². The van der Waals surface area contributed by atoms with Gasteiger partial charge in [-0.1, -0.05) is 73.0 Å². The maximum Gasteiger partial charge on any atom is 0.422 e. The minimum Gasteiger partial charge on any atom is -0.445 e. The lowest BCUT2D eigenvalue weighted by molar-refractivity contribution is -0.0589. The highest BCUT2D eigenvalue weighted by molar-refractivity contribution is 5.66. The van der Waals surface area contributed by atoms with Crippen LogP contribution in [0.5, 0.6) is 0 Å². The normalized spacial score (nSPS) is 39.6. The van der Waals surface area contributed by atoms with Crippen molar-refractivity contribution in [3.05, 3.63) is 11.6 Å². The Hall–Kier alpha value is -1.07. The van der Waals surface area contributed by atoms with Crippen LogP contribution in [0.25, 0.3) is 0 Å². The van der Waals surface area contributed by atoms with Crippen LogP contribution >= 0.6 is 0 Å². The van der Waals surface area contributed by atoms with E-state index in [1.165, 1.54) is 57.8 Å². The fraction of sp³-hybridized carbons (Fsp3) is 0.912. The molecule has 1 heterocycles. The molecule has 0 bridgehead atoms. The number of carbonyl (C=O) groups is 1. The van der Waals surface area contributed by atoms with Crippen molar-refractivity contribution in [1.82, 2.24) is 15.3 Å². The maximum atomic E-state index is 12.7. The second kappa shape index (κ2) is 12.4. The van der Waals surface area contributed by atoms with Gasteiger partial charge in [0.1, 0.15) is 6.10 Å². The number of carbonyl (C=O) groups excluding carboxylic acids is 1. The molecule has 5 nitrogen and oxygen atoms in total. The van der Waals surface area contributed by atoms with E-state index in [0.717, 1.165) is 74.5 Å². The van der Waals surface area contributed by atoms with Crippen LogP contribution in [0.1, 0.15) is 113 Å². The molecule has 0 radical (unpaired) electrons. The van der Waals surface area contributed by atoms with Crippen LogP contribution in [-0.4, -0.2) is 55.3 Å². The van der Waals surface area contributed by atoms with Gasteiger partial charge in [0.25, 0.3) is 0 Å². The molecule has 1 amide bonds. The standard InChI is InChI=1S/C33H57N3O2.CH4/c1-23(2)8-7-9-24(3)28-12-13-29-27-11-10-25-22-26(38-31(37)34-36-20-18-35(6)19-21-36)14-16-32(25,4)30(27)15-17-33(28,29)5;/h10,23-24,26-30H,7-9,11-22H2,1-6H3,(H,34,37);1H4. The molecule has 0 spiro atoms. The van der Waals surface area contributed by atoms with Gasteiger partial charge in [-0.15, -0.1) is 0 Å². The summed E-state index contributed by atoms with van der Waals surface area (Å²) >= 11 is 0. The Kier molecular flexibility index (Phi) is 9.84. The smallest absolute Gasteiger partial charge is 0.422 e. The van der Waals surface area contributed by atoms with Gasteiger partial charge in [0.05, 0.1) is 0 Å². The van der Waals surface area contributed by atoms with Gasteiger partial charge in [0.15, 0.2) is 0 Å². The Morgan fingerprint density at radius 2 is 1.77 bits per heavy atom. The molecule has 5 heteroatoms. The lowest BCUT2D eigenvalue weighted by atomic mass is 9.47. The Morgan fingerprint density at radius 3 is 2.49 bits per heavy atom. The highest BCUT2D eigenvalue weighted by atomic mass is 16.6. The Morgan fingerprint density at radius 1 is 1.03 bits per heavy atom. The summed E-state index contributed by atoms with van der Waals surface area (Å²) in [6, 6.07) is 0. The largest absolute Gasteiger partial charge is 0.445 e. The molecule has 0 aromatic rings. The molecule has 0 aromatic carbocycles. The van der Waals surface area contributed by atoms with Gasteiger partial charge in [-0.05, 0) is 98.3 Å². The van der Waals surface area contributed by atoms with Crippen LogP contribution in [-0.2, 0) is 4.74 Å². The molecule has 3 saturated carbocycles. The van der Waals surface area contributed by atoms with Gasteiger partial charge in [0.2, 0.25) is 0 Å². The van der Waals surface area contributed by atoms with E-state index in [4.69, 9.17) is 4.74 Å². The molecule has 1 N–H and O–H groups in total. The van der Waals surface area contributed by atoms with Gasteiger partial charge in [-0.3, -0.25) is 5.43 Å². The SMILES string of the molecule is C.CC(C)CCCC(C)C1CCC2C3CC=C4CC(OC(=O)NN5CCN(C)CC5)CCC4(C)C3CCC12C. The average molecular weight is 544 g/mol. The molecule has 5 rings (SSSR count). The lowest BCUT2D eigenvalue weighted by Crippen LogP contribution is -2.53. The quantitative estimate of drug-likeness (QED) is 0.331. The van der Waals surface area contributed by atoms with Crippen LogP contribution < -0.4 is 5.43 Å². The summed E-state index contributed by atoms with van der Waals surface area (Å²) in [5.74, 6) is 5.19. The van der Waals surface area contributed by atoms with Gasteiger partial charge >= 0.3 is 6.09 Å². The zero-order chi connectivity index (χ0) is 27.1. The molecular formula is C34H61N3O2. The second-order valence-corrected chi connectivity index (χ2v) is 15.0. The number of rotatable bonds is 7. The van der Waals surface area contributed by atoms with Crippen LogP contribution in [0.15, 0.2) is 11.6 Å².